The Hall–Kier alpha value is -2.33. The summed E-state index contributed by atoms with van der Waals surface area (Å²) in [5, 5.41) is 0.791. The van der Waals surface area contributed by atoms with E-state index in [4.69, 9.17) is 21.1 Å². The largest absolute Gasteiger partial charge is 0.497 e. The second-order valence-electron chi connectivity index (χ2n) is 4.53. The van der Waals surface area contributed by atoms with Gasteiger partial charge in [0, 0.05) is 10.8 Å². The van der Waals surface area contributed by atoms with Crippen molar-refractivity contribution in [3.63, 3.8) is 0 Å². The molecule has 0 bridgehead atoms. The minimum atomic E-state index is -0.533. The Balaban J connectivity index is 2.48. The van der Waals surface area contributed by atoms with Crippen molar-refractivity contribution < 1.29 is 14.3 Å². The minimum Gasteiger partial charge on any atom is -0.497 e. The maximum absolute atomic E-state index is 11.9. The average Bonchev–Trinajstić information content (AvgIpc) is 2.51. The molecule has 1 aromatic heterocycles. The average molecular weight is 302 g/mol. The van der Waals surface area contributed by atoms with Crippen molar-refractivity contribution in [2.75, 3.05) is 14.2 Å². The topological polar surface area (TPSA) is 48.4 Å². The van der Waals surface area contributed by atoms with Gasteiger partial charge in [-0.1, -0.05) is 0 Å². The van der Waals surface area contributed by atoms with Gasteiger partial charge in [0.1, 0.15) is 11.5 Å². The number of hydrogen-bond acceptors (Lipinski definition) is 4. The van der Waals surface area contributed by atoms with Gasteiger partial charge in [-0.2, -0.15) is 0 Å². The number of fused-ring (bicyclic) bond motifs is 2. The summed E-state index contributed by atoms with van der Waals surface area (Å²) in [5.41, 5.74) is 1.80. The lowest BCUT2D eigenvalue weighted by Crippen LogP contribution is -1.97. The van der Waals surface area contributed by atoms with Gasteiger partial charge in [-0.05, 0) is 48.0 Å². The van der Waals surface area contributed by atoms with Gasteiger partial charge in [-0.25, -0.2) is 4.98 Å². The highest BCUT2D eigenvalue weighted by atomic mass is 35.5. The van der Waals surface area contributed by atoms with Crippen LogP contribution in [0.1, 0.15) is 10.4 Å². The first-order valence-electron chi connectivity index (χ1n) is 6.29. The van der Waals surface area contributed by atoms with E-state index in [9.17, 15) is 4.79 Å². The van der Waals surface area contributed by atoms with Crippen molar-refractivity contribution in [1.29, 1.82) is 0 Å². The van der Waals surface area contributed by atoms with Crippen molar-refractivity contribution in [3.05, 3.63) is 42.0 Å². The summed E-state index contributed by atoms with van der Waals surface area (Å²) in [6.07, 6.45) is 0. The van der Waals surface area contributed by atoms with Gasteiger partial charge in [0.2, 0.25) is 0 Å². The third kappa shape index (κ3) is 2.28. The van der Waals surface area contributed by atoms with Crippen LogP contribution in [0.2, 0.25) is 0 Å². The van der Waals surface area contributed by atoms with Gasteiger partial charge in [0.15, 0.2) is 0 Å². The van der Waals surface area contributed by atoms with Gasteiger partial charge in [0.25, 0.3) is 5.24 Å². The number of hydrogen-bond donors (Lipinski definition) is 0. The molecule has 3 rings (SSSR count). The molecule has 21 heavy (non-hydrogen) atoms. The number of ether oxygens (including phenoxy) is 2. The number of nitrogens with zero attached hydrogens (tertiary/aromatic N) is 1. The molecule has 0 radical (unpaired) electrons. The van der Waals surface area contributed by atoms with Crippen molar-refractivity contribution in [3.8, 4) is 11.5 Å². The first kappa shape index (κ1) is 13.6. The van der Waals surface area contributed by atoms with Crippen molar-refractivity contribution >= 4 is 38.6 Å². The fourth-order valence-electron chi connectivity index (χ4n) is 2.37. The number of halogens is 1. The van der Waals surface area contributed by atoms with Crippen LogP contribution in [-0.2, 0) is 0 Å². The number of benzene rings is 2. The number of methoxy groups -OCH3 is 2. The number of carbonyl (C=O) groups excluding carboxylic acids is 1. The van der Waals surface area contributed by atoms with Crippen LogP contribution >= 0.6 is 11.6 Å². The Morgan fingerprint density at radius 3 is 1.81 bits per heavy atom. The number of pyridine rings is 1. The molecule has 2 aromatic carbocycles. The first-order chi connectivity index (χ1) is 10.1. The van der Waals surface area contributed by atoms with E-state index >= 15 is 0 Å². The zero-order valence-corrected chi connectivity index (χ0v) is 12.3. The van der Waals surface area contributed by atoms with Crippen LogP contribution in [0.25, 0.3) is 21.8 Å². The van der Waals surface area contributed by atoms with E-state index in [0.29, 0.717) is 38.9 Å². The van der Waals surface area contributed by atoms with E-state index in [1.807, 2.05) is 0 Å². The van der Waals surface area contributed by atoms with Crippen LogP contribution in [0.15, 0.2) is 36.4 Å². The summed E-state index contributed by atoms with van der Waals surface area (Å²) >= 11 is 5.80. The van der Waals surface area contributed by atoms with Gasteiger partial charge < -0.3 is 9.47 Å². The quantitative estimate of drug-likeness (QED) is 0.545. The van der Waals surface area contributed by atoms with Gasteiger partial charge >= 0.3 is 0 Å². The number of carbonyl (C=O) groups is 1. The van der Waals surface area contributed by atoms with Gasteiger partial charge in [-0.3, -0.25) is 4.79 Å². The number of rotatable bonds is 3. The van der Waals surface area contributed by atoms with Crippen LogP contribution in [0, 0.1) is 0 Å². The maximum Gasteiger partial charge on any atom is 0.253 e. The molecule has 3 aromatic rings. The Bertz CT molecular complexity index is 799. The molecule has 0 aliphatic rings. The Kier molecular flexibility index (Phi) is 3.39. The molecule has 0 aliphatic carbocycles. The SMILES string of the molecule is COc1ccc2nc3ccc(OC)cc3c(C(=O)Cl)c2c1. The Morgan fingerprint density at radius 2 is 1.43 bits per heavy atom. The van der Waals surface area contributed by atoms with Crippen molar-refractivity contribution in [1.82, 2.24) is 4.98 Å². The zero-order chi connectivity index (χ0) is 15.0. The van der Waals surface area contributed by atoms with Crippen LogP contribution in [0.5, 0.6) is 11.5 Å². The molecule has 0 N–H and O–H groups in total. The van der Waals surface area contributed by atoms with Crippen molar-refractivity contribution in [2.45, 2.75) is 0 Å². The predicted octanol–water partition coefficient (Wildman–Crippen LogP) is 3.78. The smallest absolute Gasteiger partial charge is 0.253 e. The summed E-state index contributed by atoms with van der Waals surface area (Å²) in [6.45, 7) is 0. The van der Waals surface area contributed by atoms with E-state index in [0.717, 1.165) is 0 Å². The standard InChI is InChI=1S/C16H12ClNO3/c1-20-9-3-5-13-11(7-9)15(16(17)19)12-8-10(21-2)4-6-14(12)18-13/h3-8H,1-2H3. The number of aromatic nitrogens is 1. The molecule has 0 spiro atoms. The van der Waals surface area contributed by atoms with E-state index in [1.165, 1.54) is 0 Å². The maximum atomic E-state index is 11.9. The van der Waals surface area contributed by atoms with Crippen LogP contribution in [0.3, 0.4) is 0 Å². The molecule has 4 nitrogen and oxygen atoms in total. The monoisotopic (exact) mass is 301 g/mol. The molecular weight excluding hydrogens is 290 g/mol. The molecule has 106 valence electrons. The summed E-state index contributed by atoms with van der Waals surface area (Å²) in [6, 6.07) is 10.7. The lowest BCUT2D eigenvalue weighted by Gasteiger charge is -2.10. The molecule has 0 fully saturated rings. The highest BCUT2D eigenvalue weighted by Crippen LogP contribution is 2.31. The fraction of sp³-hybridized carbons (Fsp3) is 0.125. The molecule has 0 saturated heterocycles. The molecule has 0 amide bonds. The Labute approximate surface area is 126 Å². The molecule has 0 saturated carbocycles. The normalized spacial score (nSPS) is 10.8. The third-order valence-electron chi connectivity index (χ3n) is 3.38. The lowest BCUT2D eigenvalue weighted by molar-refractivity contribution is 0.108. The predicted molar refractivity (Wildman–Crippen MR) is 82.5 cm³/mol. The van der Waals surface area contributed by atoms with E-state index < -0.39 is 5.24 Å². The molecule has 0 aliphatic heterocycles. The molecule has 5 heteroatoms. The molecule has 0 atom stereocenters. The summed E-state index contributed by atoms with van der Waals surface area (Å²) in [7, 11) is 3.14. The second-order valence-corrected chi connectivity index (χ2v) is 4.87. The Morgan fingerprint density at radius 1 is 0.952 bits per heavy atom. The molecule has 1 heterocycles. The van der Waals surface area contributed by atoms with Crippen molar-refractivity contribution in [2.24, 2.45) is 0 Å². The molecular formula is C16H12ClNO3. The van der Waals surface area contributed by atoms with Crippen LogP contribution in [0.4, 0.5) is 0 Å². The first-order valence-corrected chi connectivity index (χ1v) is 6.67. The van der Waals surface area contributed by atoms with E-state index in [1.54, 1.807) is 50.6 Å². The van der Waals surface area contributed by atoms with Gasteiger partial charge in [-0.15, -0.1) is 0 Å². The lowest BCUT2D eigenvalue weighted by atomic mass is 10.0. The van der Waals surface area contributed by atoms with E-state index in [2.05, 4.69) is 4.98 Å². The van der Waals surface area contributed by atoms with E-state index in [-0.39, 0.29) is 0 Å². The molecule has 0 unspecified atom stereocenters. The summed E-state index contributed by atoms with van der Waals surface area (Å²) in [4.78, 5) is 16.5. The van der Waals surface area contributed by atoms with Crippen LogP contribution in [-0.4, -0.2) is 24.4 Å². The summed E-state index contributed by atoms with van der Waals surface area (Å²) in [5.74, 6) is 1.29. The second kappa shape index (κ2) is 5.22. The highest BCUT2D eigenvalue weighted by molar-refractivity contribution is 6.69. The minimum absolute atomic E-state index is 0.412. The highest BCUT2D eigenvalue weighted by Gasteiger charge is 2.15. The van der Waals surface area contributed by atoms with Crippen LogP contribution < -0.4 is 9.47 Å². The third-order valence-corrected chi connectivity index (χ3v) is 3.57. The summed E-state index contributed by atoms with van der Waals surface area (Å²) < 4.78 is 10.4. The zero-order valence-electron chi connectivity index (χ0n) is 11.5. The van der Waals surface area contributed by atoms with Gasteiger partial charge in [0.05, 0.1) is 30.8 Å². The fourth-order valence-corrected chi connectivity index (χ4v) is 2.57.